The van der Waals surface area contributed by atoms with Crippen molar-refractivity contribution in [3.63, 3.8) is 0 Å². The number of phenols is 1. The van der Waals surface area contributed by atoms with Crippen LogP contribution in [0.15, 0.2) is 18.2 Å². The third-order valence-electron chi connectivity index (χ3n) is 4.10. The molecule has 2 rings (SSSR count). The zero-order valence-electron chi connectivity index (χ0n) is 11.7. The summed E-state index contributed by atoms with van der Waals surface area (Å²) in [4.78, 5) is 22.8. The number of carbonyl (C=O) groups excluding carboxylic acids is 2. The van der Waals surface area contributed by atoms with Gasteiger partial charge in [-0.2, -0.15) is 0 Å². The van der Waals surface area contributed by atoms with Crippen molar-refractivity contribution < 1.29 is 19.4 Å². The lowest BCUT2D eigenvalue weighted by atomic mass is 9.81. The summed E-state index contributed by atoms with van der Waals surface area (Å²) < 4.78 is 5.31. The Balaban J connectivity index is 1.96. The van der Waals surface area contributed by atoms with Crippen LogP contribution in [0.5, 0.6) is 11.5 Å². The van der Waals surface area contributed by atoms with Gasteiger partial charge in [-0.05, 0) is 49.8 Å². The van der Waals surface area contributed by atoms with Gasteiger partial charge in [0.2, 0.25) is 0 Å². The monoisotopic (exact) mass is 276 g/mol. The Bertz CT molecular complexity index is 487. The van der Waals surface area contributed by atoms with Gasteiger partial charge in [0.1, 0.15) is 11.5 Å². The largest absolute Gasteiger partial charge is 0.507 e. The van der Waals surface area contributed by atoms with E-state index in [1.807, 2.05) is 0 Å². The summed E-state index contributed by atoms with van der Waals surface area (Å²) in [6, 6.07) is 4.25. The second-order valence-electron chi connectivity index (χ2n) is 5.39. The second-order valence-corrected chi connectivity index (χ2v) is 5.39. The van der Waals surface area contributed by atoms with Gasteiger partial charge in [0.05, 0.1) is 11.5 Å². The van der Waals surface area contributed by atoms with Gasteiger partial charge < -0.3 is 9.84 Å². The Morgan fingerprint density at radius 3 is 2.65 bits per heavy atom. The molecule has 0 atom stereocenters. The highest BCUT2D eigenvalue weighted by atomic mass is 16.5. The fraction of sp³-hybridized carbons (Fsp3) is 0.500. The highest BCUT2D eigenvalue weighted by molar-refractivity contribution is 5.81. The molecule has 1 N–H and O–H groups in total. The van der Waals surface area contributed by atoms with E-state index in [4.69, 9.17) is 4.74 Å². The van der Waals surface area contributed by atoms with Crippen molar-refractivity contribution in [1.82, 2.24) is 0 Å². The lowest BCUT2D eigenvalue weighted by Gasteiger charge is -2.26. The number of rotatable bonds is 4. The molecular weight excluding hydrogens is 256 g/mol. The third kappa shape index (κ3) is 3.38. The number of phenolic OH excluding ortho intramolecular Hbond substituents is 1. The predicted molar refractivity (Wildman–Crippen MR) is 74.9 cm³/mol. The van der Waals surface area contributed by atoms with Crippen LogP contribution in [0.1, 0.15) is 49.4 Å². The number of ether oxygens (including phenoxy) is 1. The van der Waals surface area contributed by atoms with Crippen molar-refractivity contribution in [3.8, 4) is 11.5 Å². The van der Waals surface area contributed by atoms with E-state index in [2.05, 4.69) is 6.92 Å². The van der Waals surface area contributed by atoms with Crippen LogP contribution in [0.25, 0.3) is 0 Å². The van der Waals surface area contributed by atoms with Gasteiger partial charge in [0.15, 0.2) is 6.29 Å². The van der Waals surface area contributed by atoms with Gasteiger partial charge >= 0.3 is 5.97 Å². The molecule has 0 aliphatic heterocycles. The normalized spacial score (nSPS) is 22.2. The minimum absolute atomic E-state index is 0.0497. The van der Waals surface area contributed by atoms with Crippen LogP contribution >= 0.6 is 0 Å². The van der Waals surface area contributed by atoms with Crippen LogP contribution in [0.2, 0.25) is 0 Å². The molecule has 1 fully saturated rings. The summed E-state index contributed by atoms with van der Waals surface area (Å²) in [7, 11) is 0. The van der Waals surface area contributed by atoms with Crippen molar-refractivity contribution in [2.45, 2.75) is 39.0 Å². The molecule has 1 aliphatic rings. The molecule has 0 radical (unpaired) electrons. The average molecular weight is 276 g/mol. The molecule has 0 unspecified atom stereocenters. The Hall–Kier alpha value is -1.84. The lowest BCUT2D eigenvalue weighted by Crippen LogP contribution is -2.25. The summed E-state index contributed by atoms with van der Waals surface area (Å²) >= 11 is 0. The molecule has 0 saturated heterocycles. The number of aldehydes is 1. The quantitative estimate of drug-likeness (QED) is 0.520. The summed E-state index contributed by atoms with van der Waals surface area (Å²) in [5.41, 5.74) is 0.130. The van der Waals surface area contributed by atoms with Gasteiger partial charge in [-0.25, -0.2) is 0 Å². The van der Waals surface area contributed by atoms with Crippen LogP contribution < -0.4 is 4.74 Å². The van der Waals surface area contributed by atoms with Gasteiger partial charge in [0.25, 0.3) is 0 Å². The molecule has 1 aromatic rings. The van der Waals surface area contributed by atoms with E-state index in [-0.39, 0.29) is 23.2 Å². The maximum atomic E-state index is 12.1. The molecule has 4 nitrogen and oxygen atoms in total. The molecule has 1 saturated carbocycles. The number of hydrogen-bond acceptors (Lipinski definition) is 4. The zero-order chi connectivity index (χ0) is 14.5. The fourth-order valence-corrected chi connectivity index (χ4v) is 2.70. The molecule has 0 spiro atoms. The van der Waals surface area contributed by atoms with E-state index in [0.717, 1.165) is 31.6 Å². The Labute approximate surface area is 118 Å². The van der Waals surface area contributed by atoms with Crippen molar-refractivity contribution in [1.29, 1.82) is 0 Å². The van der Waals surface area contributed by atoms with Crippen molar-refractivity contribution >= 4 is 12.3 Å². The van der Waals surface area contributed by atoms with Crippen LogP contribution in [0.3, 0.4) is 0 Å². The van der Waals surface area contributed by atoms with E-state index in [1.165, 1.54) is 24.6 Å². The van der Waals surface area contributed by atoms with Gasteiger partial charge in [-0.1, -0.05) is 13.3 Å². The standard InChI is InChI=1S/C16H20O4/c1-2-11-3-5-12(6-4-11)16(19)20-14-7-8-15(18)13(9-14)10-17/h7-12,18H,2-6H2,1H3. The number of benzene rings is 1. The molecule has 0 heterocycles. The van der Waals surface area contributed by atoms with E-state index in [0.29, 0.717) is 12.0 Å². The number of esters is 1. The topological polar surface area (TPSA) is 63.6 Å². The average Bonchev–Trinajstić information content (AvgIpc) is 2.49. The van der Waals surface area contributed by atoms with Gasteiger partial charge in [-0.3, -0.25) is 9.59 Å². The first kappa shape index (κ1) is 14.6. The predicted octanol–water partition coefficient (Wildman–Crippen LogP) is 3.33. The summed E-state index contributed by atoms with van der Waals surface area (Å²) in [5, 5.41) is 9.40. The highest BCUT2D eigenvalue weighted by Crippen LogP contribution is 2.32. The first-order chi connectivity index (χ1) is 9.63. The number of carbonyl (C=O) groups is 2. The van der Waals surface area contributed by atoms with Crippen LogP contribution in [0, 0.1) is 11.8 Å². The van der Waals surface area contributed by atoms with E-state index >= 15 is 0 Å². The van der Waals surface area contributed by atoms with Crippen molar-refractivity contribution in [3.05, 3.63) is 23.8 Å². The molecular formula is C16H20O4. The molecule has 0 aromatic heterocycles. The minimum atomic E-state index is -0.234. The van der Waals surface area contributed by atoms with Crippen LogP contribution in [-0.4, -0.2) is 17.4 Å². The molecule has 4 heteroatoms. The van der Waals surface area contributed by atoms with Crippen LogP contribution in [-0.2, 0) is 4.79 Å². The Morgan fingerprint density at radius 2 is 2.05 bits per heavy atom. The lowest BCUT2D eigenvalue weighted by molar-refractivity contribution is -0.140. The summed E-state index contributed by atoms with van der Waals surface area (Å²) in [6.07, 6.45) is 5.60. The molecule has 108 valence electrons. The SMILES string of the molecule is CCC1CCC(C(=O)Oc2ccc(O)c(C=O)c2)CC1. The van der Waals surface area contributed by atoms with Gasteiger partial charge in [0, 0.05) is 0 Å². The Kier molecular flexibility index (Phi) is 4.77. The minimum Gasteiger partial charge on any atom is -0.507 e. The Morgan fingerprint density at radius 1 is 1.35 bits per heavy atom. The fourth-order valence-electron chi connectivity index (χ4n) is 2.70. The molecule has 0 bridgehead atoms. The second kappa shape index (κ2) is 6.55. The zero-order valence-corrected chi connectivity index (χ0v) is 11.7. The van der Waals surface area contributed by atoms with Gasteiger partial charge in [-0.15, -0.1) is 0 Å². The summed E-state index contributed by atoms with van der Waals surface area (Å²) in [5.74, 6) is 0.651. The van der Waals surface area contributed by atoms with Crippen molar-refractivity contribution in [2.75, 3.05) is 0 Å². The molecule has 1 aromatic carbocycles. The smallest absolute Gasteiger partial charge is 0.314 e. The van der Waals surface area contributed by atoms with Crippen LogP contribution in [0.4, 0.5) is 0 Å². The first-order valence-electron chi connectivity index (χ1n) is 7.14. The number of hydrogen-bond donors (Lipinski definition) is 1. The molecule has 1 aliphatic carbocycles. The summed E-state index contributed by atoms with van der Waals surface area (Å²) in [6.45, 7) is 2.18. The maximum Gasteiger partial charge on any atom is 0.314 e. The number of aromatic hydroxyl groups is 1. The third-order valence-corrected chi connectivity index (χ3v) is 4.10. The van der Waals surface area contributed by atoms with E-state index < -0.39 is 0 Å². The maximum absolute atomic E-state index is 12.1. The molecule has 0 amide bonds. The van der Waals surface area contributed by atoms with E-state index in [1.54, 1.807) is 0 Å². The van der Waals surface area contributed by atoms with Crippen molar-refractivity contribution in [2.24, 2.45) is 11.8 Å². The highest BCUT2D eigenvalue weighted by Gasteiger charge is 2.27. The van der Waals surface area contributed by atoms with E-state index in [9.17, 15) is 14.7 Å². The molecule has 20 heavy (non-hydrogen) atoms. The first-order valence-corrected chi connectivity index (χ1v) is 7.14.